The molecule has 0 aliphatic rings. The molecule has 0 aliphatic carbocycles. The van der Waals surface area contributed by atoms with Crippen LogP contribution in [-0.4, -0.2) is 26.4 Å². The highest BCUT2D eigenvalue weighted by atomic mass is 32.1. The van der Waals surface area contributed by atoms with Crippen LogP contribution in [0.2, 0.25) is 0 Å². The van der Waals surface area contributed by atoms with Crippen molar-refractivity contribution < 1.29 is 4.74 Å². The Kier molecular flexibility index (Phi) is 3.55. The van der Waals surface area contributed by atoms with Crippen LogP contribution >= 0.6 is 12.2 Å². The maximum absolute atomic E-state index is 5.43. The molecule has 0 amide bonds. The van der Waals surface area contributed by atoms with Gasteiger partial charge in [0.2, 0.25) is 0 Å². The zero-order valence-corrected chi connectivity index (χ0v) is 13.2. The molecule has 0 aliphatic heterocycles. The van der Waals surface area contributed by atoms with Gasteiger partial charge in [0.05, 0.1) is 12.8 Å². The second-order valence-electron chi connectivity index (χ2n) is 5.09. The second kappa shape index (κ2) is 5.37. The van der Waals surface area contributed by atoms with Gasteiger partial charge in [-0.25, -0.2) is 0 Å². The molecule has 1 N–H and O–H groups in total. The van der Waals surface area contributed by atoms with Crippen LogP contribution in [0.4, 0.5) is 0 Å². The zero-order valence-electron chi connectivity index (χ0n) is 12.4. The topological polar surface area (TPSA) is 47.8 Å². The number of aromatic amines is 1. The molecule has 0 saturated carbocycles. The van der Waals surface area contributed by atoms with Crippen LogP contribution in [0, 0.1) is 11.7 Å². The van der Waals surface area contributed by atoms with Gasteiger partial charge in [-0.1, -0.05) is 12.1 Å². The summed E-state index contributed by atoms with van der Waals surface area (Å²) in [4.78, 5) is 3.24. The van der Waals surface area contributed by atoms with E-state index in [0.29, 0.717) is 0 Å². The molecule has 110 valence electrons. The number of fused-ring (bicyclic) bond motifs is 1. The summed E-state index contributed by atoms with van der Waals surface area (Å²) in [6.45, 7) is 2.80. The van der Waals surface area contributed by atoms with Crippen molar-refractivity contribution in [2.24, 2.45) is 7.05 Å². The number of aryl methyl sites for hydroxylation is 4. The predicted octanol–water partition coefficient (Wildman–Crippen LogP) is 2.99. The number of rotatable bonds is 4. The van der Waals surface area contributed by atoms with E-state index in [9.17, 15) is 0 Å². The van der Waals surface area contributed by atoms with Crippen molar-refractivity contribution in [3.63, 3.8) is 0 Å². The first-order chi connectivity index (χ1) is 10.1. The second-order valence-corrected chi connectivity index (χ2v) is 5.48. The summed E-state index contributed by atoms with van der Waals surface area (Å²) in [6, 6.07) is 8.12. The van der Waals surface area contributed by atoms with Gasteiger partial charge in [0.1, 0.15) is 11.3 Å². The third-order valence-corrected chi connectivity index (χ3v) is 4.01. The van der Waals surface area contributed by atoms with E-state index in [4.69, 9.17) is 17.0 Å². The predicted molar refractivity (Wildman–Crippen MR) is 85.3 cm³/mol. The van der Waals surface area contributed by atoms with Crippen molar-refractivity contribution >= 4 is 23.4 Å². The minimum Gasteiger partial charge on any atom is -0.497 e. The molecule has 0 saturated heterocycles. The lowest BCUT2D eigenvalue weighted by atomic mass is 10.1. The Morgan fingerprint density at radius 3 is 2.95 bits per heavy atom. The molecule has 2 aromatic heterocycles. The Labute approximate surface area is 128 Å². The third-order valence-electron chi connectivity index (χ3n) is 3.68. The van der Waals surface area contributed by atoms with Gasteiger partial charge in [-0.3, -0.25) is 4.68 Å². The van der Waals surface area contributed by atoms with Crippen LogP contribution in [0.5, 0.6) is 5.75 Å². The minimum atomic E-state index is 0.740. The standard InChI is InChI=1S/C15H18N4OS/c1-10-13-14(18(2)17-10)19(15(21)16-13)8-7-11-5-4-6-12(9-11)20-3/h4-6,9H,7-8H2,1-3H3,(H,16,21). The summed E-state index contributed by atoms with van der Waals surface area (Å²) in [5, 5.41) is 4.43. The van der Waals surface area contributed by atoms with Crippen LogP contribution in [0.1, 0.15) is 11.3 Å². The molecule has 0 radical (unpaired) electrons. The number of ether oxygens (including phenoxy) is 1. The minimum absolute atomic E-state index is 0.740. The molecule has 0 unspecified atom stereocenters. The van der Waals surface area contributed by atoms with E-state index in [2.05, 4.69) is 26.8 Å². The summed E-state index contributed by atoms with van der Waals surface area (Å²) in [6.07, 6.45) is 0.892. The van der Waals surface area contributed by atoms with Gasteiger partial charge in [-0.15, -0.1) is 0 Å². The van der Waals surface area contributed by atoms with Crippen molar-refractivity contribution in [3.05, 3.63) is 40.3 Å². The van der Waals surface area contributed by atoms with Crippen LogP contribution in [0.25, 0.3) is 11.2 Å². The first-order valence-electron chi connectivity index (χ1n) is 6.85. The molecule has 0 atom stereocenters. The number of H-pyrrole nitrogens is 1. The number of aromatic nitrogens is 4. The zero-order chi connectivity index (χ0) is 15.0. The summed E-state index contributed by atoms with van der Waals surface area (Å²) in [5.41, 5.74) is 4.26. The summed E-state index contributed by atoms with van der Waals surface area (Å²) >= 11 is 5.43. The average Bonchev–Trinajstić information content (AvgIpc) is 2.95. The lowest BCUT2D eigenvalue weighted by Gasteiger charge is -2.07. The van der Waals surface area contributed by atoms with Crippen LogP contribution < -0.4 is 4.74 Å². The number of hydrogen-bond donors (Lipinski definition) is 1. The van der Waals surface area contributed by atoms with E-state index in [-0.39, 0.29) is 0 Å². The quantitative estimate of drug-likeness (QED) is 0.754. The summed E-state index contributed by atoms with van der Waals surface area (Å²) in [5.74, 6) is 0.881. The molecule has 3 rings (SSSR count). The van der Waals surface area contributed by atoms with E-state index in [1.807, 2.05) is 30.8 Å². The fourth-order valence-corrected chi connectivity index (χ4v) is 2.93. The highest BCUT2D eigenvalue weighted by Crippen LogP contribution is 2.18. The number of nitrogens with zero attached hydrogens (tertiary/aromatic N) is 3. The molecule has 1 aromatic carbocycles. The number of hydrogen-bond acceptors (Lipinski definition) is 3. The molecular weight excluding hydrogens is 284 g/mol. The van der Waals surface area contributed by atoms with Crippen molar-refractivity contribution in [3.8, 4) is 5.75 Å². The average molecular weight is 302 g/mol. The first kappa shape index (κ1) is 13.9. The number of benzene rings is 1. The highest BCUT2D eigenvalue weighted by molar-refractivity contribution is 7.71. The van der Waals surface area contributed by atoms with E-state index in [1.165, 1.54) is 5.56 Å². The maximum atomic E-state index is 5.43. The normalized spacial score (nSPS) is 11.2. The van der Waals surface area contributed by atoms with Crippen molar-refractivity contribution in [2.75, 3.05) is 7.11 Å². The van der Waals surface area contributed by atoms with Crippen LogP contribution in [0.15, 0.2) is 24.3 Å². The number of imidazole rings is 1. The lowest BCUT2D eigenvalue weighted by Crippen LogP contribution is -2.05. The first-order valence-corrected chi connectivity index (χ1v) is 7.26. The van der Waals surface area contributed by atoms with Gasteiger partial charge in [-0.2, -0.15) is 5.10 Å². The molecule has 21 heavy (non-hydrogen) atoms. The lowest BCUT2D eigenvalue weighted by molar-refractivity contribution is 0.414. The molecule has 2 heterocycles. The van der Waals surface area contributed by atoms with E-state index >= 15 is 0 Å². The summed E-state index contributed by atoms with van der Waals surface area (Å²) in [7, 11) is 3.63. The van der Waals surface area contributed by atoms with Crippen molar-refractivity contribution in [2.45, 2.75) is 19.9 Å². The Balaban J connectivity index is 1.91. The summed E-state index contributed by atoms with van der Waals surface area (Å²) < 4.78 is 9.98. The third kappa shape index (κ3) is 2.47. The fourth-order valence-electron chi connectivity index (χ4n) is 2.65. The fraction of sp³-hybridized carbons (Fsp3) is 0.333. The van der Waals surface area contributed by atoms with Crippen LogP contribution in [-0.2, 0) is 20.0 Å². The molecule has 0 fully saturated rings. The molecule has 0 bridgehead atoms. The van der Waals surface area contributed by atoms with Gasteiger partial charge < -0.3 is 14.3 Å². The number of nitrogens with one attached hydrogen (secondary N) is 1. The van der Waals surface area contributed by atoms with Crippen LogP contribution in [0.3, 0.4) is 0 Å². The molecule has 3 aromatic rings. The molecule has 5 nitrogen and oxygen atoms in total. The molecule has 6 heteroatoms. The molecule has 0 spiro atoms. The SMILES string of the molecule is COc1cccc(CCn2c(=S)[nH]c3c(C)nn(C)c32)c1. The Hall–Kier alpha value is -2.08. The Bertz CT molecular complexity index is 843. The van der Waals surface area contributed by atoms with E-state index in [1.54, 1.807) is 7.11 Å². The van der Waals surface area contributed by atoms with Gasteiger partial charge in [0.25, 0.3) is 0 Å². The monoisotopic (exact) mass is 302 g/mol. The van der Waals surface area contributed by atoms with Gasteiger partial charge in [0, 0.05) is 13.6 Å². The van der Waals surface area contributed by atoms with Gasteiger partial charge in [0.15, 0.2) is 10.4 Å². The maximum Gasteiger partial charge on any atom is 0.179 e. The molecular formula is C15H18N4OS. The van der Waals surface area contributed by atoms with Crippen molar-refractivity contribution in [1.82, 2.24) is 19.3 Å². The van der Waals surface area contributed by atoms with Crippen molar-refractivity contribution in [1.29, 1.82) is 0 Å². The van der Waals surface area contributed by atoms with E-state index in [0.717, 1.165) is 40.3 Å². The largest absolute Gasteiger partial charge is 0.497 e. The highest BCUT2D eigenvalue weighted by Gasteiger charge is 2.12. The number of methoxy groups -OCH3 is 1. The Morgan fingerprint density at radius 2 is 2.19 bits per heavy atom. The smallest absolute Gasteiger partial charge is 0.179 e. The van der Waals surface area contributed by atoms with Gasteiger partial charge >= 0.3 is 0 Å². The van der Waals surface area contributed by atoms with E-state index < -0.39 is 0 Å². The Morgan fingerprint density at radius 1 is 1.38 bits per heavy atom. The van der Waals surface area contributed by atoms with Gasteiger partial charge in [-0.05, 0) is 43.3 Å².